The molecule has 160 valence electrons. The Labute approximate surface area is 177 Å². The number of halogens is 4. The number of nitrogens with zero attached hydrogens (tertiary/aromatic N) is 4. The molecule has 1 aromatic heterocycles. The van der Waals surface area contributed by atoms with Crippen molar-refractivity contribution in [2.24, 2.45) is 0 Å². The second-order valence-corrected chi connectivity index (χ2v) is 7.58. The maximum absolute atomic E-state index is 13.0. The lowest BCUT2D eigenvalue weighted by molar-refractivity contribution is -0.137. The van der Waals surface area contributed by atoms with Gasteiger partial charge in [0.05, 0.1) is 5.56 Å². The van der Waals surface area contributed by atoms with Crippen molar-refractivity contribution in [2.45, 2.75) is 19.5 Å². The molecule has 0 aliphatic rings. The van der Waals surface area contributed by atoms with E-state index in [1.807, 2.05) is 11.8 Å². The van der Waals surface area contributed by atoms with Gasteiger partial charge in [0.15, 0.2) is 0 Å². The van der Waals surface area contributed by atoms with Crippen LogP contribution >= 0.6 is 11.5 Å². The summed E-state index contributed by atoms with van der Waals surface area (Å²) >= 11 is 1.28. The Morgan fingerprint density at radius 1 is 1.03 bits per heavy atom. The van der Waals surface area contributed by atoms with Crippen LogP contribution < -0.4 is 9.80 Å². The smallest absolute Gasteiger partial charge is 0.373 e. The SMILES string of the molecule is CCN(CCN(C)c1cccc(C(F)(F)F)c1)c1nc(Cc2ccc(F)cc2)ns1. The molecule has 0 fully saturated rings. The molecule has 0 unspecified atom stereocenters. The number of hydrogen-bond donors (Lipinski definition) is 0. The highest BCUT2D eigenvalue weighted by atomic mass is 32.1. The van der Waals surface area contributed by atoms with E-state index >= 15 is 0 Å². The van der Waals surface area contributed by atoms with Gasteiger partial charge in [0.1, 0.15) is 11.6 Å². The number of rotatable bonds is 8. The van der Waals surface area contributed by atoms with E-state index in [4.69, 9.17) is 0 Å². The van der Waals surface area contributed by atoms with E-state index in [9.17, 15) is 17.6 Å². The van der Waals surface area contributed by atoms with Crippen molar-refractivity contribution >= 4 is 22.4 Å². The van der Waals surface area contributed by atoms with Crippen LogP contribution in [0.5, 0.6) is 0 Å². The van der Waals surface area contributed by atoms with Gasteiger partial charge in [-0.15, -0.1) is 0 Å². The zero-order chi connectivity index (χ0) is 21.7. The van der Waals surface area contributed by atoms with Crippen LogP contribution in [0, 0.1) is 5.82 Å². The number of benzene rings is 2. The Balaban J connectivity index is 1.62. The lowest BCUT2D eigenvalue weighted by atomic mass is 10.1. The van der Waals surface area contributed by atoms with E-state index in [0.717, 1.165) is 22.8 Å². The predicted molar refractivity (Wildman–Crippen MR) is 112 cm³/mol. The quantitative estimate of drug-likeness (QED) is 0.450. The van der Waals surface area contributed by atoms with Crippen molar-refractivity contribution in [1.29, 1.82) is 0 Å². The first kappa shape index (κ1) is 22.0. The summed E-state index contributed by atoms with van der Waals surface area (Å²) in [5.41, 5.74) is 0.775. The summed E-state index contributed by atoms with van der Waals surface area (Å²) in [5.74, 6) is 0.374. The van der Waals surface area contributed by atoms with E-state index in [2.05, 4.69) is 9.36 Å². The maximum Gasteiger partial charge on any atom is 0.416 e. The maximum atomic E-state index is 13.0. The third-order valence-electron chi connectivity index (χ3n) is 4.70. The normalized spacial score (nSPS) is 11.5. The topological polar surface area (TPSA) is 32.3 Å². The molecule has 3 rings (SSSR count). The van der Waals surface area contributed by atoms with Gasteiger partial charge < -0.3 is 9.80 Å². The average molecular weight is 438 g/mol. The molecule has 0 bridgehead atoms. The molecule has 1 heterocycles. The molecule has 0 atom stereocenters. The fourth-order valence-electron chi connectivity index (χ4n) is 2.94. The van der Waals surface area contributed by atoms with Gasteiger partial charge >= 0.3 is 6.18 Å². The van der Waals surface area contributed by atoms with Crippen LogP contribution in [0.4, 0.5) is 28.4 Å². The van der Waals surface area contributed by atoms with Crippen molar-refractivity contribution < 1.29 is 17.6 Å². The molecule has 0 saturated carbocycles. The third kappa shape index (κ3) is 5.69. The zero-order valence-electron chi connectivity index (χ0n) is 16.7. The fraction of sp³-hybridized carbons (Fsp3) is 0.333. The van der Waals surface area contributed by atoms with Gasteiger partial charge in [-0.05, 0) is 42.8 Å². The van der Waals surface area contributed by atoms with Gasteiger partial charge in [-0.2, -0.15) is 17.5 Å². The lowest BCUT2D eigenvalue weighted by Gasteiger charge is -2.25. The first-order valence-electron chi connectivity index (χ1n) is 9.46. The van der Waals surface area contributed by atoms with Crippen molar-refractivity contribution in [3.63, 3.8) is 0 Å². The van der Waals surface area contributed by atoms with Crippen molar-refractivity contribution in [1.82, 2.24) is 9.36 Å². The van der Waals surface area contributed by atoms with E-state index in [0.29, 0.717) is 37.6 Å². The molecule has 3 aromatic rings. The van der Waals surface area contributed by atoms with Gasteiger partial charge in [0.25, 0.3) is 0 Å². The molecule has 4 nitrogen and oxygen atoms in total. The number of anilines is 2. The highest BCUT2D eigenvalue weighted by Crippen LogP contribution is 2.31. The molecule has 9 heteroatoms. The average Bonchev–Trinajstić information content (AvgIpc) is 3.18. The summed E-state index contributed by atoms with van der Waals surface area (Å²) in [6.07, 6.45) is -3.85. The summed E-state index contributed by atoms with van der Waals surface area (Å²) in [6, 6.07) is 11.5. The van der Waals surface area contributed by atoms with Crippen LogP contribution in [0.15, 0.2) is 48.5 Å². The van der Waals surface area contributed by atoms with Crippen molar-refractivity contribution in [2.75, 3.05) is 36.5 Å². The molecule has 0 spiro atoms. The van der Waals surface area contributed by atoms with Crippen LogP contribution in [0.1, 0.15) is 23.9 Å². The van der Waals surface area contributed by atoms with Crippen LogP contribution in [0.2, 0.25) is 0 Å². The number of alkyl halides is 3. The van der Waals surface area contributed by atoms with Crippen molar-refractivity contribution in [3.05, 3.63) is 71.3 Å². The summed E-state index contributed by atoms with van der Waals surface area (Å²) in [5, 5.41) is 0.757. The van der Waals surface area contributed by atoms with Crippen LogP contribution in [0.3, 0.4) is 0 Å². The first-order valence-corrected chi connectivity index (χ1v) is 10.2. The van der Waals surface area contributed by atoms with Crippen molar-refractivity contribution in [3.8, 4) is 0 Å². The Morgan fingerprint density at radius 2 is 1.77 bits per heavy atom. The third-order valence-corrected chi connectivity index (χ3v) is 5.52. The van der Waals surface area contributed by atoms with Crippen LogP contribution in [0.25, 0.3) is 0 Å². The van der Waals surface area contributed by atoms with Gasteiger partial charge in [-0.3, -0.25) is 0 Å². The molecular weight excluding hydrogens is 416 g/mol. The van der Waals surface area contributed by atoms with Gasteiger partial charge in [-0.25, -0.2) is 9.37 Å². The molecule has 0 aliphatic heterocycles. The summed E-state index contributed by atoms with van der Waals surface area (Å²) in [7, 11) is 1.77. The number of likely N-dealkylation sites (N-methyl/N-ethyl adjacent to an activating group) is 2. The van der Waals surface area contributed by atoms with Crippen LogP contribution in [-0.2, 0) is 12.6 Å². The second kappa shape index (κ2) is 9.42. The summed E-state index contributed by atoms with van der Waals surface area (Å²) < 4.78 is 56.2. The zero-order valence-corrected chi connectivity index (χ0v) is 17.5. The number of aromatic nitrogens is 2. The molecule has 2 aromatic carbocycles. The van der Waals surface area contributed by atoms with E-state index in [-0.39, 0.29) is 5.82 Å². The molecular formula is C21H22F4N4S. The Kier molecular flexibility index (Phi) is 6.91. The predicted octanol–water partition coefficient (Wildman–Crippen LogP) is 5.25. The first-order chi connectivity index (χ1) is 14.3. The van der Waals surface area contributed by atoms with Gasteiger partial charge in [0.2, 0.25) is 5.13 Å². The standard InChI is InChI=1S/C21H22F4N4S/c1-3-29(12-11-28(2)18-6-4-5-16(14-18)21(23,24)25)20-26-19(27-30-20)13-15-7-9-17(22)10-8-15/h4-10,14H,3,11-13H2,1-2H3. The Morgan fingerprint density at radius 3 is 2.43 bits per heavy atom. The molecule has 30 heavy (non-hydrogen) atoms. The molecule has 0 amide bonds. The van der Waals surface area contributed by atoms with E-state index in [1.165, 1.54) is 29.7 Å². The van der Waals surface area contributed by atoms with Crippen LogP contribution in [-0.4, -0.2) is 36.0 Å². The Bertz CT molecular complexity index is 956. The lowest BCUT2D eigenvalue weighted by Crippen LogP contribution is -2.33. The molecule has 0 radical (unpaired) electrons. The van der Waals surface area contributed by atoms with Gasteiger partial charge in [-0.1, -0.05) is 18.2 Å². The highest BCUT2D eigenvalue weighted by molar-refractivity contribution is 7.09. The van der Waals surface area contributed by atoms with E-state index in [1.54, 1.807) is 30.1 Å². The summed E-state index contributed by atoms with van der Waals surface area (Å²) in [6.45, 7) is 3.81. The Hall–Kier alpha value is -2.68. The summed E-state index contributed by atoms with van der Waals surface area (Å²) in [4.78, 5) is 8.40. The minimum absolute atomic E-state index is 0.285. The highest BCUT2D eigenvalue weighted by Gasteiger charge is 2.30. The van der Waals surface area contributed by atoms with E-state index < -0.39 is 11.7 Å². The largest absolute Gasteiger partial charge is 0.416 e. The molecule has 0 saturated heterocycles. The van der Waals surface area contributed by atoms with Gasteiger partial charge in [0, 0.05) is 50.3 Å². The minimum Gasteiger partial charge on any atom is -0.373 e. The fourth-order valence-corrected chi connectivity index (χ4v) is 3.71. The monoisotopic (exact) mass is 438 g/mol. The molecule has 0 N–H and O–H groups in total. The molecule has 0 aliphatic carbocycles. The second-order valence-electron chi connectivity index (χ2n) is 6.85. The minimum atomic E-state index is -4.36. The number of hydrogen-bond acceptors (Lipinski definition) is 5.